The second-order valence-electron chi connectivity index (χ2n) is 2.33. The lowest BCUT2D eigenvalue weighted by molar-refractivity contribution is 0.482. The van der Waals surface area contributed by atoms with Crippen LogP contribution in [0.2, 0.25) is 0 Å². The van der Waals surface area contributed by atoms with E-state index in [0.717, 1.165) is 5.76 Å². The van der Waals surface area contributed by atoms with E-state index >= 15 is 0 Å². The molecule has 2 heterocycles. The topological polar surface area (TPSA) is 72.0 Å². The molecule has 0 radical (unpaired) electrons. The number of aryl methyl sites for hydroxylation is 1. The molecule has 2 aromatic heterocycles. The number of H-pyrrole nitrogens is 1. The van der Waals surface area contributed by atoms with Gasteiger partial charge in [0.15, 0.2) is 5.76 Å². The average molecular weight is 166 g/mol. The zero-order chi connectivity index (χ0) is 8.55. The van der Waals surface area contributed by atoms with E-state index in [1.54, 1.807) is 19.1 Å². The number of aromatic nitrogens is 2. The van der Waals surface area contributed by atoms with Crippen molar-refractivity contribution in [1.29, 1.82) is 0 Å². The van der Waals surface area contributed by atoms with Crippen LogP contribution in [0.5, 0.6) is 0 Å². The van der Waals surface area contributed by atoms with E-state index in [4.69, 9.17) is 4.42 Å². The summed E-state index contributed by atoms with van der Waals surface area (Å²) in [5.74, 6) is 0.786. The Morgan fingerprint density at radius 2 is 2.25 bits per heavy atom. The molecule has 0 fully saturated rings. The van der Waals surface area contributed by atoms with Gasteiger partial charge >= 0.3 is 5.76 Å². The van der Waals surface area contributed by atoms with E-state index in [-0.39, 0.29) is 5.89 Å². The molecule has 0 bridgehead atoms. The van der Waals surface area contributed by atoms with E-state index < -0.39 is 5.76 Å². The molecule has 0 amide bonds. The molecule has 0 aliphatic rings. The third kappa shape index (κ3) is 1.05. The van der Waals surface area contributed by atoms with Gasteiger partial charge in [-0.05, 0) is 19.1 Å². The Bertz CT molecular complexity index is 437. The Labute approximate surface area is 67.0 Å². The molecule has 0 aromatic carbocycles. The van der Waals surface area contributed by atoms with Crippen molar-refractivity contribution in [3.05, 3.63) is 28.4 Å². The molecular weight excluding hydrogens is 160 g/mol. The fourth-order valence-corrected chi connectivity index (χ4v) is 0.885. The van der Waals surface area contributed by atoms with E-state index in [1.165, 1.54) is 0 Å². The van der Waals surface area contributed by atoms with Crippen molar-refractivity contribution in [3.8, 4) is 11.7 Å². The van der Waals surface area contributed by atoms with Gasteiger partial charge in [-0.15, -0.1) is 5.10 Å². The maximum Gasteiger partial charge on any atom is 0.434 e. The van der Waals surface area contributed by atoms with Crippen LogP contribution in [0, 0.1) is 6.92 Å². The summed E-state index contributed by atoms with van der Waals surface area (Å²) < 4.78 is 9.83. The zero-order valence-electron chi connectivity index (χ0n) is 6.33. The van der Waals surface area contributed by atoms with Gasteiger partial charge < -0.3 is 8.83 Å². The molecular formula is C7H6N2O3. The SMILES string of the molecule is Cc1ccc(-c2n[nH]c(=O)o2)o1. The first-order valence-electron chi connectivity index (χ1n) is 3.38. The number of nitrogens with zero attached hydrogens (tertiary/aromatic N) is 1. The number of nitrogens with one attached hydrogen (secondary N) is 1. The number of aromatic amines is 1. The third-order valence-electron chi connectivity index (χ3n) is 1.39. The van der Waals surface area contributed by atoms with Gasteiger partial charge in [0.05, 0.1) is 0 Å². The summed E-state index contributed by atoms with van der Waals surface area (Å²) in [4.78, 5) is 10.5. The zero-order valence-corrected chi connectivity index (χ0v) is 6.33. The van der Waals surface area contributed by atoms with Gasteiger partial charge in [-0.2, -0.15) is 0 Å². The Morgan fingerprint density at radius 3 is 2.75 bits per heavy atom. The maximum atomic E-state index is 10.5. The van der Waals surface area contributed by atoms with Crippen LogP contribution in [0.25, 0.3) is 11.7 Å². The molecule has 62 valence electrons. The molecule has 5 nitrogen and oxygen atoms in total. The van der Waals surface area contributed by atoms with Gasteiger partial charge in [0.25, 0.3) is 5.89 Å². The molecule has 0 saturated carbocycles. The Kier molecular flexibility index (Phi) is 1.36. The van der Waals surface area contributed by atoms with Crippen molar-refractivity contribution < 1.29 is 8.83 Å². The van der Waals surface area contributed by atoms with Crippen molar-refractivity contribution in [2.45, 2.75) is 6.92 Å². The van der Waals surface area contributed by atoms with Gasteiger partial charge in [-0.3, -0.25) is 0 Å². The molecule has 0 saturated heterocycles. The quantitative estimate of drug-likeness (QED) is 0.684. The van der Waals surface area contributed by atoms with Crippen LogP contribution in [-0.4, -0.2) is 10.2 Å². The monoisotopic (exact) mass is 166 g/mol. The van der Waals surface area contributed by atoms with Crippen molar-refractivity contribution >= 4 is 0 Å². The van der Waals surface area contributed by atoms with Crippen LogP contribution in [0.3, 0.4) is 0 Å². The molecule has 2 aromatic rings. The minimum atomic E-state index is -0.584. The number of hydrogen-bond donors (Lipinski definition) is 1. The summed E-state index contributed by atoms with van der Waals surface area (Å²) in [7, 11) is 0. The minimum absolute atomic E-state index is 0.174. The fraction of sp³-hybridized carbons (Fsp3) is 0.143. The van der Waals surface area contributed by atoms with Gasteiger partial charge in [-0.25, -0.2) is 9.89 Å². The Balaban J connectivity index is 2.50. The molecule has 2 rings (SSSR count). The lowest BCUT2D eigenvalue weighted by Crippen LogP contribution is -1.93. The molecule has 0 unspecified atom stereocenters. The van der Waals surface area contributed by atoms with Crippen LogP contribution in [0.1, 0.15) is 5.76 Å². The van der Waals surface area contributed by atoms with Crippen LogP contribution >= 0.6 is 0 Å². The first-order chi connectivity index (χ1) is 5.75. The van der Waals surface area contributed by atoms with Crippen molar-refractivity contribution in [1.82, 2.24) is 10.2 Å². The summed E-state index contributed by atoms with van der Waals surface area (Å²) in [5.41, 5.74) is 0. The highest BCUT2D eigenvalue weighted by molar-refractivity contribution is 5.43. The maximum absolute atomic E-state index is 10.5. The molecule has 0 aliphatic heterocycles. The Morgan fingerprint density at radius 1 is 1.42 bits per heavy atom. The smallest absolute Gasteiger partial charge is 0.434 e. The van der Waals surface area contributed by atoms with Crippen molar-refractivity contribution in [2.24, 2.45) is 0 Å². The lowest BCUT2D eigenvalue weighted by Gasteiger charge is -1.83. The van der Waals surface area contributed by atoms with E-state index in [1.807, 2.05) is 0 Å². The molecule has 1 N–H and O–H groups in total. The second kappa shape index (κ2) is 2.37. The lowest BCUT2D eigenvalue weighted by atomic mass is 10.4. The molecule has 12 heavy (non-hydrogen) atoms. The molecule has 5 heteroatoms. The van der Waals surface area contributed by atoms with E-state index in [0.29, 0.717) is 5.76 Å². The van der Waals surface area contributed by atoms with E-state index in [9.17, 15) is 4.79 Å². The van der Waals surface area contributed by atoms with Crippen LogP contribution in [-0.2, 0) is 0 Å². The fourth-order valence-electron chi connectivity index (χ4n) is 0.885. The summed E-state index contributed by atoms with van der Waals surface area (Å²) >= 11 is 0. The molecule has 0 spiro atoms. The normalized spacial score (nSPS) is 10.4. The highest BCUT2D eigenvalue weighted by atomic mass is 16.4. The van der Waals surface area contributed by atoms with Gasteiger partial charge in [0.1, 0.15) is 5.76 Å². The van der Waals surface area contributed by atoms with Gasteiger partial charge in [0, 0.05) is 0 Å². The highest BCUT2D eigenvalue weighted by Gasteiger charge is 2.08. The summed E-state index contributed by atoms with van der Waals surface area (Å²) in [6, 6.07) is 3.46. The van der Waals surface area contributed by atoms with Crippen molar-refractivity contribution in [2.75, 3.05) is 0 Å². The molecule has 0 aliphatic carbocycles. The predicted octanol–water partition coefficient (Wildman–Crippen LogP) is 0.931. The van der Waals surface area contributed by atoms with Gasteiger partial charge in [-0.1, -0.05) is 0 Å². The first kappa shape index (κ1) is 6.90. The average Bonchev–Trinajstić information content (AvgIpc) is 2.58. The first-order valence-corrected chi connectivity index (χ1v) is 3.38. The van der Waals surface area contributed by atoms with E-state index in [2.05, 4.69) is 14.6 Å². The number of furan rings is 1. The highest BCUT2D eigenvalue weighted by Crippen LogP contribution is 2.17. The number of hydrogen-bond acceptors (Lipinski definition) is 4. The second-order valence-corrected chi connectivity index (χ2v) is 2.33. The standard InChI is InChI=1S/C7H6N2O3/c1-4-2-3-5(11-4)6-8-9-7(10)12-6/h2-3H,1H3,(H,9,10). The predicted molar refractivity (Wildman–Crippen MR) is 39.6 cm³/mol. The Hall–Kier alpha value is -1.78. The van der Waals surface area contributed by atoms with Gasteiger partial charge in [0.2, 0.25) is 0 Å². The largest absolute Gasteiger partial charge is 0.456 e. The molecule has 0 atom stereocenters. The third-order valence-corrected chi connectivity index (χ3v) is 1.39. The van der Waals surface area contributed by atoms with Crippen LogP contribution < -0.4 is 5.76 Å². The van der Waals surface area contributed by atoms with Crippen LogP contribution in [0.15, 0.2) is 25.8 Å². The summed E-state index contributed by atoms with van der Waals surface area (Å²) in [6.45, 7) is 1.80. The minimum Gasteiger partial charge on any atom is -0.456 e. The summed E-state index contributed by atoms with van der Waals surface area (Å²) in [6.07, 6.45) is 0. The number of rotatable bonds is 1. The van der Waals surface area contributed by atoms with Crippen molar-refractivity contribution in [3.63, 3.8) is 0 Å². The van der Waals surface area contributed by atoms with Crippen LogP contribution in [0.4, 0.5) is 0 Å². The summed E-state index contributed by atoms with van der Waals surface area (Å²) in [5, 5.41) is 5.75.